The minimum Gasteiger partial charge on any atom is -0.369 e. The molecule has 1 unspecified atom stereocenters. The molecular formula is C24H35N5O3. The van der Waals surface area contributed by atoms with Crippen molar-refractivity contribution in [2.24, 2.45) is 5.92 Å². The maximum Gasteiger partial charge on any atom is 0.243 e. The Kier molecular flexibility index (Phi) is 7.55. The highest BCUT2D eigenvalue weighted by Crippen LogP contribution is 2.24. The van der Waals surface area contributed by atoms with Gasteiger partial charge in [0, 0.05) is 56.9 Å². The summed E-state index contributed by atoms with van der Waals surface area (Å²) in [5, 5.41) is 5.86. The van der Waals surface area contributed by atoms with Crippen LogP contribution in [-0.2, 0) is 16.1 Å². The van der Waals surface area contributed by atoms with Crippen molar-refractivity contribution in [1.82, 2.24) is 20.4 Å². The van der Waals surface area contributed by atoms with Gasteiger partial charge < -0.3 is 10.2 Å². The molecule has 2 N–H and O–H groups in total. The molecule has 1 aromatic rings. The molecule has 32 heavy (non-hydrogen) atoms. The number of likely N-dealkylation sites (N-methyl/N-ethyl adjacent to an activating group) is 1. The number of carbonyl (C=O) groups excluding carboxylic acids is 3. The number of rotatable bonds is 7. The van der Waals surface area contributed by atoms with Crippen LogP contribution >= 0.6 is 0 Å². The van der Waals surface area contributed by atoms with Gasteiger partial charge in [-0.05, 0) is 69.1 Å². The molecule has 0 saturated carbocycles. The number of aldehydes is 1. The van der Waals surface area contributed by atoms with Gasteiger partial charge in [-0.2, -0.15) is 0 Å². The molecule has 3 fully saturated rings. The lowest BCUT2D eigenvalue weighted by Gasteiger charge is -2.38. The SMILES string of the molecule is CN(Cc1cc(N2CCN(CC3CCNCC3)CC2)ccc1C=O)C1CCC(=O)NC1=O. The van der Waals surface area contributed by atoms with Crippen LogP contribution in [0, 0.1) is 5.92 Å². The molecule has 1 atom stereocenters. The van der Waals surface area contributed by atoms with Gasteiger partial charge in [-0.1, -0.05) is 0 Å². The van der Waals surface area contributed by atoms with E-state index in [1.165, 1.54) is 19.4 Å². The van der Waals surface area contributed by atoms with E-state index in [0.717, 1.165) is 62.7 Å². The average Bonchev–Trinajstić information content (AvgIpc) is 2.80. The minimum atomic E-state index is -0.352. The number of piperidine rings is 2. The third-order valence-corrected chi connectivity index (χ3v) is 7.13. The van der Waals surface area contributed by atoms with Crippen LogP contribution in [0.15, 0.2) is 18.2 Å². The van der Waals surface area contributed by atoms with Crippen molar-refractivity contribution in [3.05, 3.63) is 29.3 Å². The quantitative estimate of drug-likeness (QED) is 0.480. The van der Waals surface area contributed by atoms with Crippen LogP contribution in [-0.4, -0.2) is 86.8 Å². The second-order valence-corrected chi connectivity index (χ2v) is 9.36. The van der Waals surface area contributed by atoms with Crippen LogP contribution < -0.4 is 15.5 Å². The maximum atomic E-state index is 12.2. The standard InChI is InChI=1S/C24H35N5O3/c1-27(22-4-5-23(31)26-24(22)32)16-20-14-21(3-2-19(20)17-30)29-12-10-28(11-13-29)15-18-6-8-25-9-7-18/h2-3,14,17-18,22,25H,4-13,15-16H2,1H3,(H,26,31,32). The molecule has 3 saturated heterocycles. The molecule has 8 heteroatoms. The number of nitrogens with zero attached hydrogens (tertiary/aromatic N) is 3. The van der Waals surface area contributed by atoms with Gasteiger partial charge in [0.25, 0.3) is 0 Å². The zero-order valence-corrected chi connectivity index (χ0v) is 19.0. The smallest absolute Gasteiger partial charge is 0.243 e. The zero-order chi connectivity index (χ0) is 22.5. The van der Waals surface area contributed by atoms with Gasteiger partial charge in [-0.25, -0.2) is 0 Å². The molecule has 2 amide bonds. The molecule has 8 nitrogen and oxygen atoms in total. The highest BCUT2D eigenvalue weighted by Gasteiger charge is 2.30. The Labute approximate surface area is 190 Å². The molecular weight excluding hydrogens is 406 g/mol. The third-order valence-electron chi connectivity index (χ3n) is 7.13. The fraction of sp³-hybridized carbons (Fsp3) is 0.625. The lowest BCUT2D eigenvalue weighted by atomic mass is 9.97. The van der Waals surface area contributed by atoms with Crippen LogP contribution in [0.4, 0.5) is 5.69 Å². The molecule has 4 rings (SSSR count). The first kappa shape index (κ1) is 22.9. The second kappa shape index (κ2) is 10.6. The summed E-state index contributed by atoms with van der Waals surface area (Å²) in [4.78, 5) is 42.2. The van der Waals surface area contributed by atoms with Gasteiger partial charge >= 0.3 is 0 Å². The topological polar surface area (TPSA) is 85.0 Å². The summed E-state index contributed by atoms with van der Waals surface area (Å²) in [5.74, 6) is 0.344. The van der Waals surface area contributed by atoms with Gasteiger partial charge in [0.2, 0.25) is 11.8 Å². The van der Waals surface area contributed by atoms with E-state index in [1.54, 1.807) is 0 Å². The Balaban J connectivity index is 1.37. The lowest BCUT2D eigenvalue weighted by Crippen LogP contribution is -2.51. The van der Waals surface area contributed by atoms with E-state index >= 15 is 0 Å². The highest BCUT2D eigenvalue weighted by atomic mass is 16.2. The number of hydrogen-bond acceptors (Lipinski definition) is 7. The summed E-state index contributed by atoms with van der Waals surface area (Å²) in [6, 6.07) is 5.66. The van der Waals surface area contributed by atoms with E-state index in [-0.39, 0.29) is 17.9 Å². The summed E-state index contributed by atoms with van der Waals surface area (Å²) < 4.78 is 0. The molecule has 3 aliphatic heterocycles. The van der Waals surface area contributed by atoms with Crippen molar-refractivity contribution in [2.45, 2.75) is 38.3 Å². The van der Waals surface area contributed by atoms with Crippen LogP contribution in [0.5, 0.6) is 0 Å². The average molecular weight is 442 g/mol. The predicted molar refractivity (Wildman–Crippen MR) is 124 cm³/mol. The van der Waals surface area contributed by atoms with E-state index in [0.29, 0.717) is 24.9 Å². The Hall–Kier alpha value is -2.29. The molecule has 0 aromatic heterocycles. The number of hydrogen-bond donors (Lipinski definition) is 2. The van der Waals surface area contributed by atoms with Gasteiger partial charge in [0.15, 0.2) is 0 Å². The van der Waals surface area contributed by atoms with Crippen molar-refractivity contribution in [3.63, 3.8) is 0 Å². The van der Waals surface area contributed by atoms with E-state index in [2.05, 4.69) is 26.5 Å². The Bertz CT molecular complexity index is 831. The van der Waals surface area contributed by atoms with Crippen LogP contribution in [0.3, 0.4) is 0 Å². The number of amides is 2. The van der Waals surface area contributed by atoms with E-state index < -0.39 is 0 Å². The molecule has 0 aliphatic carbocycles. The Morgan fingerprint density at radius 1 is 1.09 bits per heavy atom. The zero-order valence-electron chi connectivity index (χ0n) is 19.0. The van der Waals surface area contributed by atoms with Gasteiger partial charge in [0.05, 0.1) is 6.04 Å². The van der Waals surface area contributed by atoms with Crippen LogP contribution in [0.2, 0.25) is 0 Å². The molecule has 3 aliphatic rings. The number of nitrogens with one attached hydrogen (secondary N) is 2. The first-order valence-electron chi connectivity index (χ1n) is 11.8. The summed E-state index contributed by atoms with van der Waals surface area (Å²) >= 11 is 0. The maximum absolute atomic E-state index is 12.2. The number of carbonyl (C=O) groups is 3. The van der Waals surface area contributed by atoms with Crippen LogP contribution in [0.25, 0.3) is 0 Å². The van der Waals surface area contributed by atoms with Crippen molar-refractivity contribution >= 4 is 23.8 Å². The monoisotopic (exact) mass is 441 g/mol. The van der Waals surface area contributed by atoms with Gasteiger partial charge in [-0.15, -0.1) is 0 Å². The predicted octanol–water partition coefficient (Wildman–Crippen LogP) is 0.858. The summed E-state index contributed by atoms with van der Waals surface area (Å²) in [6.45, 7) is 8.05. The molecule has 3 heterocycles. The Morgan fingerprint density at radius 2 is 1.84 bits per heavy atom. The van der Waals surface area contributed by atoms with Crippen molar-refractivity contribution in [2.75, 3.05) is 57.8 Å². The van der Waals surface area contributed by atoms with Crippen LogP contribution in [0.1, 0.15) is 41.6 Å². The molecule has 0 spiro atoms. The van der Waals surface area contributed by atoms with Crippen molar-refractivity contribution in [1.29, 1.82) is 0 Å². The number of imide groups is 1. The summed E-state index contributed by atoms with van der Waals surface area (Å²) in [5.41, 5.74) is 2.70. The summed E-state index contributed by atoms with van der Waals surface area (Å²) in [6.07, 6.45) is 4.29. The fourth-order valence-electron chi connectivity index (χ4n) is 5.14. The second-order valence-electron chi connectivity index (χ2n) is 9.36. The minimum absolute atomic E-state index is 0.213. The number of benzene rings is 1. The van der Waals surface area contributed by atoms with E-state index in [1.807, 2.05) is 24.1 Å². The van der Waals surface area contributed by atoms with E-state index in [9.17, 15) is 14.4 Å². The molecule has 0 bridgehead atoms. The first-order valence-corrected chi connectivity index (χ1v) is 11.8. The first-order chi connectivity index (χ1) is 15.5. The normalized spacial score (nSPS) is 23.4. The highest BCUT2D eigenvalue weighted by molar-refractivity contribution is 6.00. The van der Waals surface area contributed by atoms with Crippen molar-refractivity contribution < 1.29 is 14.4 Å². The number of anilines is 1. The largest absolute Gasteiger partial charge is 0.369 e. The number of piperazine rings is 1. The van der Waals surface area contributed by atoms with Gasteiger partial charge in [-0.3, -0.25) is 29.5 Å². The summed E-state index contributed by atoms with van der Waals surface area (Å²) in [7, 11) is 1.88. The van der Waals surface area contributed by atoms with E-state index in [4.69, 9.17) is 0 Å². The fourth-order valence-corrected chi connectivity index (χ4v) is 5.14. The molecule has 1 aromatic carbocycles. The van der Waals surface area contributed by atoms with Gasteiger partial charge in [0.1, 0.15) is 6.29 Å². The Morgan fingerprint density at radius 3 is 2.53 bits per heavy atom. The molecule has 0 radical (unpaired) electrons. The van der Waals surface area contributed by atoms with Crippen molar-refractivity contribution in [3.8, 4) is 0 Å². The molecule has 174 valence electrons. The lowest BCUT2D eigenvalue weighted by molar-refractivity contribution is -0.137. The third kappa shape index (κ3) is 5.54.